The van der Waals surface area contributed by atoms with Crippen molar-refractivity contribution in [3.05, 3.63) is 23.9 Å². The van der Waals surface area contributed by atoms with E-state index in [0.717, 1.165) is 48.6 Å². The highest BCUT2D eigenvalue weighted by molar-refractivity contribution is 5.13. The molecular formula is C27H49N3. The number of allylic oxidation sites excluding steroid dienone is 2. The summed E-state index contributed by atoms with van der Waals surface area (Å²) in [6, 6.07) is 1.59. The molecule has 3 aliphatic rings. The Bertz CT molecular complexity index is 583. The standard InChI is InChI=1S/C27H49N3/c1-7-9-20(2)16-25(28-5)18-23-12-13-24(22(4)17-23)19-30-15-14-29(6)26-11-8-10-21(3)27(26)30/h18,21-24,26-28H,2,7-17,19H2,1,3-6H3/b25-18+. The van der Waals surface area contributed by atoms with E-state index in [9.17, 15) is 0 Å². The highest BCUT2D eigenvalue weighted by Crippen LogP contribution is 2.39. The lowest BCUT2D eigenvalue weighted by atomic mass is 9.73. The fourth-order valence-corrected chi connectivity index (χ4v) is 6.72. The smallest absolute Gasteiger partial charge is 0.0277 e. The van der Waals surface area contributed by atoms with Gasteiger partial charge >= 0.3 is 0 Å². The van der Waals surface area contributed by atoms with Crippen LogP contribution in [0.2, 0.25) is 0 Å². The number of likely N-dealkylation sites (N-methyl/N-ethyl adjacent to an activating group) is 1. The van der Waals surface area contributed by atoms with Gasteiger partial charge in [-0.25, -0.2) is 0 Å². The molecule has 0 bridgehead atoms. The molecule has 1 heterocycles. The van der Waals surface area contributed by atoms with Crippen molar-refractivity contribution in [2.45, 2.75) is 90.6 Å². The van der Waals surface area contributed by atoms with Crippen molar-refractivity contribution in [2.24, 2.45) is 23.7 Å². The predicted octanol–water partition coefficient (Wildman–Crippen LogP) is 5.69. The van der Waals surface area contributed by atoms with Crippen molar-refractivity contribution in [1.82, 2.24) is 15.1 Å². The number of nitrogens with zero attached hydrogens (tertiary/aromatic N) is 2. The first kappa shape index (κ1) is 23.9. The summed E-state index contributed by atoms with van der Waals surface area (Å²) in [5, 5.41) is 3.46. The Hall–Kier alpha value is -0.800. The van der Waals surface area contributed by atoms with Crippen LogP contribution in [0.4, 0.5) is 0 Å². The number of hydrogen-bond acceptors (Lipinski definition) is 3. The second-order valence-corrected chi connectivity index (χ2v) is 10.9. The third-order valence-electron chi connectivity index (χ3n) is 8.52. The Morgan fingerprint density at radius 2 is 1.90 bits per heavy atom. The summed E-state index contributed by atoms with van der Waals surface area (Å²) in [6.45, 7) is 15.4. The van der Waals surface area contributed by atoms with Crippen LogP contribution in [0.15, 0.2) is 23.9 Å². The molecule has 3 fully saturated rings. The maximum absolute atomic E-state index is 4.27. The number of nitrogens with one attached hydrogen (secondary N) is 1. The first-order valence-corrected chi connectivity index (χ1v) is 12.9. The summed E-state index contributed by atoms with van der Waals surface area (Å²) >= 11 is 0. The van der Waals surface area contributed by atoms with E-state index in [0.29, 0.717) is 0 Å². The average Bonchev–Trinajstić information content (AvgIpc) is 2.71. The molecule has 30 heavy (non-hydrogen) atoms. The molecule has 6 unspecified atom stereocenters. The summed E-state index contributed by atoms with van der Waals surface area (Å²) in [5.41, 5.74) is 2.76. The average molecular weight is 416 g/mol. The van der Waals surface area contributed by atoms with Crippen LogP contribution in [0, 0.1) is 23.7 Å². The zero-order chi connectivity index (χ0) is 21.7. The topological polar surface area (TPSA) is 18.5 Å². The van der Waals surface area contributed by atoms with Crippen molar-refractivity contribution in [2.75, 3.05) is 33.7 Å². The molecule has 0 aromatic carbocycles. The van der Waals surface area contributed by atoms with Crippen molar-refractivity contribution >= 4 is 0 Å². The molecule has 3 rings (SSSR count). The molecule has 1 saturated heterocycles. The Morgan fingerprint density at radius 1 is 1.10 bits per heavy atom. The zero-order valence-electron chi connectivity index (χ0n) is 20.6. The number of hydrogen-bond donors (Lipinski definition) is 1. The molecule has 6 atom stereocenters. The minimum absolute atomic E-state index is 0.738. The molecule has 0 spiro atoms. The molecule has 172 valence electrons. The zero-order valence-corrected chi connectivity index (χ0v) is 20.6. The van der Waals surface area contributed by atoms with Gasteiger partial charge in [-0.1, -0.05) is 51.8 Å². The van der Waals surface area contributed by atoms with E-state index < -0.39 is 0 Å². The van der Waals surface area contributed by atoms with Crippen LogP contribution in [-0.2, 0) is 0 Å². The molecule has 0 aromatic heterocycles. The lowest BCUT2D eigenvalue weighted by molar-refractivity contribution is -0.0314. The Kier molecular flexibility index (Phi) is 8.89. The maximum atomic E-state index is 4.27. The number of fused-ring (bicyclic) bond motifs is 1. The molecule has 3 nitrogen and oxygen atoms in total. The third kappa shape index (κ3) is 5.91. The normalized spacial score (nSPS) is 36.4. The fraction of sp³-hybridized carbons (Fsp3) is 0.852. The lowest BCUT2D eigenvalue weighted by Crippen LogP contribution is -2.62. The summed E-state index contributed by atoms with van der Waals surface area (Å²) in [4.78, 5) is 5.58. The van der Waals surface area contributed by atoms with E-state index in [1.165, 1.54) is 75.9 Å². The third-order valence-corrected chi connectivity index (χ3v) is 8.52. The summed E-state index contributed by atoms with van der Waals surface area (Å²) < 4.78 is 0. The Labute approximate surface area is 187 Å². The van der Waals surface area contributed by atoms with Gasteiger partial charge in [0.25, 0.3) is 0 Å². The Morgan fingerprint density at radius 3 is 2.60 bits per heavy atom. The van der Waals surface area contributed by atoms with Crippen LogP contribution < -0.4 is 5.32 Å². The highest BCUT2D eigenvalue weighted by atomic mass is 15.3. The van der Waals surface area contributed by atoms with Gasteiger partial charge in [0.2, 0.25) is 0 Å². The number of piperazine rings is 1. The predicted molar refractivity (Wildman–Crippen MR) is 131 cm³/mol. The van der Waals surface area contributed by atoms with Crippen LogP contribution in [0.3, 0.4) is 0 Å². The van der Waals surface area contributed by atoms with E-state index in [4.69, 9.17) is 0 Å². The van der Waals surface area contributed by atoms with E-state index in [1.54, 1.807) is 0 Å². The van der Waals surface area contributed by atoms with Crippen LogP contribution >= 0.6 is 0 Å². The summed E-state index contributed by atoms with van der Waals surface area (Å²) in [6.07, 6.45) is 14.3. The monoisotopic (exact) mass is 415 g/mol. The molecule has 3 heteroatoms. The van der Waals surface area contributed by atoms with Crippen LogP contribution in [0.5, 0.6) is 0 Å². The minimum Gasteiger partial charge on any atom is -0.391 e. The van der Waals surface area contributed by atoms with Gasteiger partial charge in [-0.3, -0.25) is 4.90 Å². The van der Waals surface area contributed by atoms with Crippen LogP contribution in [0.1, 0.15) is 78.6 Å². The molecular weight excluding hydrogens is 366 g/mol. The largest absolute Gasteiger partial charge is 0.391 e. The van der Waals surface area contributed by atoms with Gasteiger partial charge in [-0.2, -0.15) is 0 Å². The molecule has 1 N–H and O–H groups in total. The summed E-state index contributed by atoms with van der Waals surface area (Å²) in [7, 11) is 4.44. The Balaban J connectivity index is 1.56. The lowest BCUT2D eigenvalue weighted by Gasteiger charge is -2.53. The number of rotatable bonds is 8. The molecule has 0 amide bonds. The quantitative estimate of drug-likeness (QED) is 0.514. The van der Waals surface area contributed by atoms with E-state index >= 15 is 0 Å². The van der Waals surface area contributed by atoms with Gasteiger partial charge in [0.05, 0.1) is 0 Å². The first-order chi connectivity index (χ1) is 14.4. The van der Waals surface area contributed by atoms with Gasteiger partial charge in [0.15, 0.2) is 0 Å². The molecule has 0 radical (unpaired) electrons. The van der Waals surface area contributed by atoms with E-state index in [1.807, 2.05) is 0 Å². The van der Waals surface area contributed by atoms with Crippen molar-refractivity contribution < 1.29 is 0 Å². The van der Waals surface area contributed by atoms with Crippen molar-refractivity contribution in [1.29, 1.82) is 0 Å². The van der Waals surface area contributed by atoms with Crippen LogP contribution in [0.25, 0.3) is 0 Å². The van der Waals surface area contributed by atoms with E-state index in [-0.39, 0.29) is 0 Å². The van der Waals surface area contributed by atoms with Crippen LogP contribution in [-0.4, -0.2) is 55.6 Å². The van der Waals surface area contributed by atoms with Gasteiger partial charge in [0, 0.05) is 50.9 Å². The van der Waals surface area contributed by atoms with Gasteiger partial charge < -0.3 is 10.2 Å². The molecule has 0 aromatic rings. The van der Waals surface area contributed by atoms with Gasteiger partial charge in [0.1, 0.15) is 0 Å². The minimum atomic E-state index is 0.738. The molecule has 2 saturated carbocycles. The SMILES string of the molecule is C=C(CCC)C/C(=C\C1CCC(CN2CCN(C)C3CCCC(C)C32)C(C)C1)NC. The van der Waals surface area contributed by atoms with Gasteiger partial charge in [-0.15, -0.1) is 0 Å². The second-order valence-electron chi connectivity index (χ2n) is 10.9. The van der Waals surface area contributed by atoms with E-state index in [2.05, 4.69) is 62.6 Å². The molecule has 2 aliphatic carbocycles. The maximum Gasteiger partial charge on any atom is 0.0277 e. The summed E-state index contributed by atoms with van der Waals surface area (Å²) in [5.74, 6) is 3.30. The fourth-order valence-electron chi connectivity index (χ4n) is 6.72. The first-order valence-electron chi connectivity index (χ1n) is 12.9. The van der Waals surface area contributed by atoms with Crippen molar-refractivity contribution in [3.8, 4) is 0 Å². The van der Waals surface area contributed by atoms with Gasteiger partial charge in [-0.05, 0) is 69.2 Å². The molecule has 1 aliphatic heterocycles. The van der Waals surface area contributed by atoms with Crippen molar-refractivity contribution in [3.63, 3.8) is 0 Å². The second kappa shape index (κ2) is 11.2. The highest BCUT2D eigenvalue weighted by Gasteiger charge is 2.41.